The molecule has 102 valence electrons. The summed E-state index contributed by atoms with van der Waals surface area (Å²) in [6.45, 7) is 1.84. The number of carbonyl (C=O) groups is 2. The Labute approximate surface area is 133 Å². The van der Waals surface area contributed by atoms with Crippen LogP contribution in [-0.2, 0) is 4.79 Å². The average molecular weight is 412 g/mol. The van der Waals surface area contributed by atoms with Gasteiger partial charge in [-0.3, -0.25) is 4.79 Å². The van der Waals surface area contributed by atoms with Gasteiger partial charge in [0.05, 0.1) is 10.9 Å². The van der Waals surface area contributed by atoms with Crippen molar-refractivity contribution < 1.29 is 14.7 Å². The van der Waals surface area contributed by atoms with Crippen LogP contribution in [0.3, 0.4) is 0 Å². The highest BCUT2D eigenvalue weighted by molar-refractivity contribution is 14.1. The van der Waals surface area contributed by atoms with Crippen LogP contribution in [0.4, 0.5) is 0 Å². The van der Waals surface area contributed by atoms with Crippen molar-refractivity contribution in [2.75, 3.05) is 5.75 Å². The van der Waals surface area contributed by atoms with Crippen molar-refractivity contribution in [1.82, 2.24) is 4.90 Å². The molecule has 1 N–H and O–H groups in total. The average Bonchev–Trinajstić information content (AvgIpc) is 2.73. The van der Waals surface area contributed by atoms with Gasteiger partial charge in [0.1, 0.15) is 6.04 Å². The van der Waals surface area contributed by atoms with E-state index in [1.165, 1.54) is 16.7 Å². The lowest BCUT2D eigenvalue weighted by Crippen LogP contribution is -2.45. The summed E-state index contributed by atoms with van der Waals surface area (Å²) in [6.07, 6.45) is 0. The van der Waals surface area contributed by atoms with E-state index in [0.717, 1.165) is 3.57 Å². The Balaban J connectivity index is 2.37. The van der Waals surface area contributed by atoms with Gasteiger partial charge in [-0.05, 0) is 47.7 Å². The van der Waals surface area contributed by atoms with E-state index >= 15 is 0 Å². The maximum Gasteiger partial charge on any atom is 0.327 e. The molecule has 1 aliphatic heterocycles. The maximum absolute atomic E-state index is 12.5. The molecule has 0 aromatic heterocycles. The summed E-state index contributed by atoms with van der Waals surface area (Å²) in [7, 11) is 0. The summed E-state index contributed by atoms with van der Waals surface area (Å²) >= 11 is 9.42. The molecule has 0 radical (unpaired) electrons. The number of amides is 1. The lowest BCUT2D eigenvalue weighted by Gasteiger charge is -2.25. The van der Waals surface area contributed by atoms with E-state index in [2.05, 4.69) is 0 Å². The van der Waals surface area contributed by atoms with Gasteiger partial charge in [0.2, 0.25) is 0 Å². The third kappa shape index (κ3) is 3.00. The van der Waals surface area contributed by atoms with Crippen LogP contribution in [0.1, 0.15) is 17.3 Å². The molecule has 0 aliphatic carbocycles. The smallest absolute Gasteiger partial charge is 0.327 e. The number of hydrogen-bond acceptors (Lipinski definition) is 3. The molecular formula is C12H11ClINO3S. The van der Waals surface area contributed by atoms with E-state index in [1.54, 1.807) is 18.2 Å². The van der Waals surface area contributed by atoms with Gasteiger partial charge < -0.3 is 10.0 Å². The van der Waals surface area contributed by atoms with Gasteiger partial charge in [0.15, 0.2) is 0 Å². The molecule has 1 heterocycles. The number of rotatable bonds is 2. The predicted molar refractivity (Wildman–Crippen MR) is 83.7 cm³/mol. The van der Waals surface area contributed by atoms with E-state index in [0.29, 0.717) is 16.3 Å². The van der Waals surface area contributed by atoms with Crippen LogP contribution in [0.5, 0.6) is 0 Å². The highest BCUT2D eigenvalue weighted by Crippen LogP contribution is 2.31. The van der Waals surface area contributed by atoms with Crippen molar-refractivity contribution in [2.24, 2.45) is 0 Å². The molecular weight excluding hydrogens is 401 g/mol. The zero-order valence-corrected chi connectivity index (χ0v) is 13.7. The van der Waals surface area contributed by atoms with Crippen LogP contribution in [0.2, 0.25) is 5.02 Å². The minimum Gasteiger partial charge on any atom is -0.480 e. The summed E-state index contributed by atoms with van der Waals surface area (Å²) < 4.78 is 0.764. The Morgan fingerprint density at radius 2 is 2.21 bits per heavy atom. The van der Waals surface area contributed by atoms with Gasteiger partial charge in [0.25, 0.3) is 5.91 Å². The van der Waals surface area contributed by atoms with Crippen molar-refractivity contribution in [2.45, 2.75) is 18.3 Å². The lowest BCUT2D eigenvalue weighted by atomic mass is 10.1. The number of nitrogens with zero attached hydrogens (tertiary/aromatic N) is 1. The second kappa shape index (κ2) is 5.88. The van der Waals surface area contributed by atoms with Crippen LogP contribution >= 0.6 is 46.0 Å². The summed E-state index contributed by atoms with van der Waals surface area (Å²) in [4.78, 5) is 25.2. The van der Waals surface area contributed by atoms with Gasteiger partial charge in [-0.1, -0.05) is 11.6 Å². The van der Waals surface area contributed by atoms with Gasteiger partial charge in [-0.2, -0.15) is 0 Å². The fourth-order valence-electron chi connectivity index (χ4n) is 1.94. The number of carbonyl (C=O) groups excluding carboxylic acids is 1. The van der Waals surface area contributed by atoms with E-state index in [-0.39, 0.29) is 11.3 Å². The first-order valence-electron chi connectivity index (χ1n) is 5.54. The first-order valence-corrected chi connectivity index (χ1v) is 8.04. The highest BCUT2D eigenvalue weighted by atomic mass is 127. The Hall–Kier alpha value is -0.470. The number of carboxylic acids is 1. The number of aliphatic carboxylic acids is 1. The third-order valence-electron chi connectivity index (χ3n) is 2.90. The first kappa shape index (κ1) is 14.9. The topological polar surface area (TPSA) is 57.6 Å². The van der Waals surface area contributed by atoms with Crippen molar-refractivity contribution in [3.8, 4) is 0 Å². The SMILES string of the molecule is CC1SCC(C(=O)O)N1C(=O)c1cc(Cl)ccc1I. The molecule has 4 nitrogen and oxygen atoms in total. The molecule has 7 heteroatoms. The molecule has 1 aromatic carbocycles. The molecule has 1 fully saturated rings. The van der Waals surface area contributed by atoms with Gasteiger partial charge in [0, 0.05) is 14.3 Å². The van der Waals surface area contributed by atoms with E-state index in [9.17, 15) is 14.7 Å². The third-order valence-corrected chi connectivity index (χ3v) is 5.29. The Bertz CT molecular complexity index is 540. The zero-order valence-electron chi connectivity index (χ0n) is 9.97. The van der Waals surface area contributed by atoms with E-state index in [1.807, 2.05) is 29.5 Å². The molecule has 1 amide bonds. The normalized spacial score (nSPS) is 22.6. The zero-order chi connectivity index (χ0) is 14.2. The maximum atomic E-state index is 12.5. The fourth-order valence-corrected chi connectivity index (χ4v) is 3.85. The largest absolute Gasteiger partial charge is 0.480 e. The van der Waals surface area contributed by atoms with E-state index in [4.69, 9.17) is 11.6 Å². The number of thioether (sulfide) groups is 1. The van der Waals surface area contributed by atoms with Gasteiger partial charge in [-0.15, -0.1) is 11.8 Å². The molecule has 2 atom stereocenters. The number of benzene rings is 1. The standard InChI is InChI=1S/C12H11ClINO3S/c1-6-15(10(5-19-6)12(17)18)11(16)8-4-7(13)2-3-9(8)14/h2-4,6,10H,5H2,1H3,(H,17,18). The molecule has 0 bridgehead atoms. The quantitative estimate of drug-likeness (QED) is 0.760. The minimum atomic E-state index is -0.970. The molecule has 1 saturated heterocycles. The molecule has 1 aliphatic rings. The minimum absolute atomic E-state index is 0.150. The van der Waals surface area contributed by atoms with Crippen molar-refractivity contribution >= 4 is 57.8 Å². The number of hydrogen-bond donors (Lipinski definition) is 1. The Morgan fingerprint density at radius 3 is 2.84 bits per heavy atom. The van der Waals surface area contributed by atoms with Crippen LogP contribution in [0.25, 0.3) is 0 Å². The Kier molecular flexibility index (Phi) is 4.62. The van der Waals surface area contributed by atoms with Crippen molar-refractivity contribution in [3.63, 3.8) is 0 Å². The van der Waals surface area contributed by atoms with Crippen LogP contribution in [-0.4, -0.2) is 39.1 Å². The van der Waals surface area contributed by atoms with Gasteiger partial charge in [-0.25, -0.2) is 4.79 Å². The lowest BCUT2D eigenvalue weighted by molar-refractivity contribution is -0.141. The van der Waals surface area contributed by atoms with Crippen LogP contribution in [0, 0.1) is 3.57 Å². The molecule has 0 saturated carbocycles. The summed E-state index contributed by atoms with van der Waals surface area (Å²) in [5.41, 5.74) is 0.453. The highest BCUT2D eigenvalue weighted by Gasteiger charge is 2.40. The predicted octanol–water partition coefficient (Wildman–Crippen LogP) is 2.93. The molecule has 2 rings (SSSR count). The van der Waals surface area contributed by atoms with Crippen LogP contribution in [0.15, 0.2) is 18.2 Å². The molecule has 19 heavy (non-hydrogen) atoms. The fraction of sp³-hybridized carbons (Fsp3) is 0.333. The number of halogens is 2. The van der Waals surface area contributed by atoms with Crippen LogP contribution < -0.4 is 0 Å². The van der Waals surface area contributed by atoms with Crippen molar-refractivity contribution in [1.29, 1.82) is 0 Å². The van der Waals surface area contributed by atoms with E-state index < -0.39 is 12.0 Å². The first-order chi connectivity index (χ1) is 8.91. The summed E-state index contributed by atoms with van der Waals surface area (Å²) in [5.74, 6) is -0.835. The summed E-state index contributed by atoms with van der Waals surface area (Å²) in [6, 6.07) is 4.26. The Morgan fingerprint density at radius 1 is 1.53 bits per heavy atom. The monoisotopic (exact) mass is 411 g/mol. The molecule has 2 unspecified atom stereocenters. The second-order valence-corrected chi connectivity index (χ2v) is 7.07. The molecule has 0 spiro atoms. The molecule has 1 aromatic rings. The number of carboxylic acid groups (broad SMARTS) is 1. The van der Waals surface area contributed by atoms with Crippen molar-refractivity contribution in [3.05, 3.63) is 32.4 Å². The second-order valence-electron chi connectivity index (χ2n) is 4.12. The van der Waals surface area contributed by atoms with Gasteiger partial charge >= 0.3 is 5.97 Å². The summed E-state index contributed by atoms with van der Waals surface area (Å²) in [5, 5.41) is 9.50.